The zero-order valence-electron chi connectivity index (χ0n) is 16.4. The van der Waals surface area contributed by atoms with Crippen LogP contribution in [0.1, 0.15) is 15.9 Å². The first-order valence-corrected chi connectivity index (χ1v) is 9.27. The minimum absolute atomic E-state index is 0.0912. The summed E-state index contributed by atoms with van der Waals surface area (Å²) in [6.45, 7) is 1.02. The topological polar surface area (TPSA) is 124 Å². The van der Waals surface area contributed by atoms with Gasteiger partial charge in [-0.1, -0.05) is 0 Å². The number of hydrogen-bond donors (Lipinski definition) is 1. The normalized spacial score (nSPS) is 14.0. The number of non-ortho nitro benzene ring substituents is 1. The summed E-state index contributed by atoms with van der Waals surface area (Å²) in [7, 11) is 0. The molecule has 2 heterocycles. The molecular weight excluding hydrogens is 437 g/mol. The number of nitrogens with zero attached hydrogens (tertiary/aromatic N) is 3. The number of rotatable bonds is 6. The Kier molecular flexibility index (Phi) is 6.88. The Balaban J connectivity index is 1.68. The number of carbonyl (C=O) groups is 2. The first kappa shape index (κ1) is 22.9. The molecule has 1 aliphatic heterocycles. The highest BCUT2D eigenvalue weighted by Gasteiger charge is 2.35. The van der Waals surface area contributed by atoms with Gasteiger partial charge in [0.15, 0.2) is 6.61 Å². The predicted octanol–water partition coefficient (Wildman–Crippen LogP) is 2.64. The number of nitrogens with one attached hydrogen (secondary N) is 1. The van der Waals surface area contributed by atoms with E-state index in [1.807, 2.05) is 10.2 Å². The number of anilines is 2. The summed E-state index contributed by atoms with van der Waals surface area (Å²) >= 11 is 0. The Labute approximate surface area is 179 Å². The third kappa shape index (κ3) is 5.49. The van der Waals surface area contributed by atoms with Gasteiger partial charge in [0, 0.05) is 31.4 Å². The van der Waals surface area contributed by atoms with Crippen molar-refractivity contribution in [3.05, 3.63) is 57.8 Å². The highest BCUT2D eigenvalue weighted by Crippen LogP contribution is 2.37. The quantitative estimate of drug-likeness (QED) is 0.401. The molecule has 1 fully saturated rings. The number of benzene rings is 1. The number of carbonyl (C=O) groups excluding carboxylic acids is 2. The molecule has 0 bridgehead atoms. The van der Waals surface area contributed by atoms with Gasteiger partial charge in [-0.3, -0.25) is 14.9 Å². The Bertz CT molecular complexity index is 1020. The molecule has 1 amide bonds. The van der Waals surface area contributed by atoms with Crippen LogP contribution in [0.25, 0.3) is 0 Å². The molecule has 1 aromatic carbocycles. The van der Waals surface area contributed by atoms with E-state index in [1.54, 1.807) is 0 Å². The lowest BCUT2D eigenvalue weighted by Gasteiger charge is -2.28. The third-order valence-electron chi connectivity index (χ3n) is 4.45. The van der Waals surface area contributed by atoms with Crippen LogP contribution in [0.2, 0.25) is 0 Å². The number of morpholine rings is 1. The number of halogens is 3. The molecule has 32 heavy (non-hydrogen) atoms. The molecule has 13 heteroatoms. The number of nitro groups is 1. The van der Waals surface area contributed by atoms with Gasteiger partial charge in [-0.15, -0.1) is 0 Å². The maximum atomic E-state index is 13.2. The molecule has 170 valence electrons. The van der Waals surface area contributed by atoms with Crippen molar-refractivity contribution in [2.75, 3.05) is 43.1 Å². The molecule has 1 aliphatic rings. The molecule has 0 unspecified atom stereocenters. The summed E-state index contributed by atoms with van der Waals surface area (Å²) in [5.41, 5.74) is -2.78. The van der Waals surface area contributed by atoms with Crippen molar-refractivity contribution in [2.24, 2.45) is 0 Å². The summed E-state index contributed by atoms with van der Waals surface area (Å²) in [4.78, 5) is 40.3. The van der Waals surface area contributed by atoms with Crippen LogP contribution in [0.3, 0.4) is 0 Å². The van der Waals surface area contributed by atoms with E-state index in [-0.39, 0.29) is 5.56 Å². The van der Waals surface area contributed by atoms with Gasteiger partial charge < -0.3 is 19.7 Å². The number of nitro benzene ring substituents is 1. The minimum atomic E-state index is -4.95. The van der Waals surface area contributed by atoms with Crippen molar-refractivity contribution in [1.29, 1.82) is 0 Å². The fraction of sp³-hybridized carbons (Fsp3) is 0.316. The minimum Gasteiger partial charge on any atom is -0.452 e. The third-order valence-corrected chi connectivity index (χ3v) is 4.45. The lowest BCUT2D eigenvalue weighted by atomic mass is 10.1. The number of hydrogen-bond acceptors (Lipinski definition) is 8. The molecule has 1 N–H and O–H groups in total. The zero-order valence-corrected chi connectivity index (χ0v) is 16.4. The van der Waals surface area contributed by atoms with Crippen LogP contribution in [0.4, 0.5) is 30.4 Å². The number of alkyl halides is 3. The second-order valence-corrected chi connectivity index (χ2v) is 6.58. The molecule has 0 saturated carbocycles. The molecule has 0 atom stereocenters. The molecule has 1 saturated heterocycles. The summed E-state index contributed by atoms with van der Waals surface area (Å²) in [5, 5.41) is 12.7. The molecule has 0 aliphatic carbocycles. The lowest BCUT2D eigenvalue weighted by Crippen LogP contribution is -2.37. The largest absolute Gasteiger partial charge is 0.452 e. The Morgan fingerprint density at radius 1 is 1.25 bits per heavy atom. The summed E-state index contributed by atoms with van der Waals surface area (Å²) in [5.74, 6) is -1.58. The van der Waals surface area contributed by atoms with Crippen LogP contribution >= 0.6 is 0 Å². The van der Waals surface area contributed by atoms with Gasteiger partial charge in [0.2, 0.25) is 0 Å². The Morgan fingerprint density at radius 3 is 2.62 bits per heavy atom. The van der Waals surface area contributed by atoms with Crippen LogP contribution < -0.4 is 10.2 Å². The van der Waals surface area contributed by atoms with Crippen LogP contribution in [0.5, 0.6) is 0 Å². The van der Waals surface area contributed by atoms with E-state index in [4.69, 9.17) is 9.47 Å². The smallest absolute Gasteiger partial charge is 0.418 e. The van der Waals surface area contributed by atoms with Crippen LogP contribution in [-0.4, -0.2) is 54.7 Å². The van der Waals surface area contributed by atoms with Crippen LogP contribution in [0, 0.1) is 10.1 Å². The summed E-state index contributed by atoms with van der Waals surface area (Å²) in [6, 6.07) is 4.86. The van der Waals surface area contributed by atoms with E-state index < -0.39 is 46.5 Å². The average molecular weight is 454 g/mol. The van der Waals surface area contributed by atoms with Crippen LogP contribution in [-0.2, 0) is 20.4 Å². The molecule has 10 nitrogen and oxygen atoms in total. The van der Waals surface area contributed by atoms with E-state index in [9.17, 15) is 32.9 Å². The maximum absolute atomic E-state index is 13.2. The van der Waals surface area contributed by atoms with E-state index >= 15 is 0 Å². The van der Waals surface area contributed by atoms with Gasteiger partial charge >= 0.3 is 12.1 Å². The van der Waals surface area contributed by atoms with E-state index in [0.29, 0.717) is 38.2 Å². The molecule has 0 spiro atoms. The van der Waals surface area contributed by atoms with Gasteiger partial charge in [0.1, 0.15) is 11.4 Å². The van der Waals surface area contributed by atoms with Gasteiger partial charge in [-0.2, -0.15) is 13.2 Å². The van der Waals surface area contributed by atoms with Gasteiger partial charge in [0.05, 0.1) is 29.4 Å². The van der Waals surface area contributed by atoms with Crippen molar-refractivity contribution in [1.82, 2.24) is 4.98 Å². The number of amides is 1. The highest BCUT2D eigenvalue weighted by atomic mass is 19.4. The number of pyridine rings is 1. The second kappa shape index (κ2) is 9.60. The van der Waals surface area contributed by atoms with E-state index in [2.05, 4.69) is 4.98 Å². The van der Waals surface area contributed by atoms with E-state index in [1.165, 1.54) is 18.3 Å². The molecular formula is C19H17F3N4O6. The number of aromatic nitrogens is 1. The standard InChI is InChI=1S/C19H17F3N4O6/c20-19(21,22)14-10-12(26(29)30)3-4-15(14)24-16(27)11-32-18(28)13-2-1-5-23-17(13)25-6-8-31-9-7-25/h1-5,10H,6-9,11H2,(H,24,27). The van der Waals surface area contributed by atoms with Crippen molar-refractivity contribution >= 4 is 29.1 Å². The molecule has 0 radical (unpaired) electrons. The number of esters is 1. The van der Waals surface area contributed by atoms with Crippen molar-refractivity contribution in [2.45, 2.75) is 6.18 Å². The van der Waals surface area contributed by atoms with Gasteiger partial charge in [0.25, 0.3) is 11.6 Å². The second-order valence-electron chi connectivity index (χ2n) is 6.58. The monoisotopic (exact) mass is 454 g/mol. The van der Waals surface area contributed by atoms with E-state index in [0.717, 1.165) is 12.1 Å². The van der Waals surface area contributed by atoms with Gasteiger partial charge in [-0.05, 0) is 18.2 Å². The highest BCUT2D eigenvalue weighted by molar-refractivity contribution is 5.98. The zero-order chi connectivity index (χ0) is 23.3. The van der Waals surface area contributed by atoms with Crippen LogP contribution in [0.15, 0.2) is 36.5 Å². The first-order chi connectivity index (χ1) is 15.2. The Morgan fingerprint density at radius 2 is 1.97 bits per heavy atom. The summed E-state index contributed by atoms with van der Waals surface area (Å²) < 4.78 is 49.9. The Hall–Kier alpha value is -3.74. The predicted molar refractivity (Wildman–Crippen MR) is 104 cm³/mol. The van der Waals surface area contributed by atoms with Gasteiger partial charge in [-0.25, -0.2) is 9.78 Å². The molecule has 1 aromatic heterocycles. The maximum Gasteiger partial charge on any atom is 0.418 e. The average Bonchev–Trinajstić information content (AvgIpc) is 2.77. The molecule has 3 rings (SSSR count). The fourth-order valence-electron chi connectivity index (χ4n) is 2.97. The molecule has 2 aromatic rings. The van der Waals surface area contributed by atoms with Crippen molar-refractivity contribution < 1.29 is 37.2 Å². The fourth-order valence-corrected chi connectivity index (χ4v) is 2.97. The SMILES string of the molecule is O=C(COC(=O)c1cccnc1N1CCOCC1)Nc1ccc([N+](=O)[O-])cc1C(F)(F)F. The number of ether oxygens (including phenoxy) is 2. The lowest BCUT2D eigenvalue weighted by molar-refractivity contribution is -0.385. The van der Waals surface area contributed by atoms with Crippen molar-refractivity contribution in [3.8, 4) is 0 Å². The first-order valence-electron chi connectivity index (χ1n) is 9.27. The summed E-state index contributed by atoms with van der Waals surface area (Å²) in [6.07, 6.45) is -3.46. The van der Waals surface area contributed by atoms with Crippen molar-refractivity contribution in [3.63, 3.8) is 0 Å².